The van der Waals surface area contributed by atoms with Gasteiger partial charge in [0.2, 0.25) is 0 Å². The van der Waals surface area contributed by atoms with Crippen molar-refractivity contribution >= 4 is 5.91 Å². The van der Waals surface area contributed by atoms with Gasteiger partial charge in [-0.25, -0.2) is 0 Å². The van der Waals surface area contributed by atoms with Crippen LogP contribution in [0.3, 0.4) is 0 Å². The average Bonchev–Trinajstić information content (AvgIpc) is 2.47. The van der Waals surface area contributed by atoms with Gasteiger partial charge in [-0.3, -0.25) is 4.79 Å². The smallest absolute Gasteiger partial charge is 0.251 e. The Hall–Kier alpha value is -1.55. The van der Waals surface area contributed by atoms with Crippen molar-refractivity contribution in [2.45, 2.75) is 52.7 Å². The molecule has 0 saturated heterocycles. The Morgan fingerprint density at radius 1 is 1.29 bits per heavy atom. The number of hydrogen-bond donors (Lipinski definition) is 1. The first-order valence-corrected chi connectivity index (χ1v) is 7.67. The lowest BCUT2D eigenvalue weighted by Gasteiger charge is -2.14. The lowest BCUT2D eigenvalue weighted by atomic mass is 10.1. The van der Waals surface area contributed by atoms with Gasteiger partial charge < -0.3 is 14.8 Å². The fourth-order valence-electron chi connectivity index (χ4n) is 2.17. The average molecular weight is 293 g/mol. The van der Waals surface area contributed by atoms with Gasteiger partial charge in [-0.1, -0.05) is 20.3 Å². The molecule has 1 aromatic carbocycles. The van der Waals surface area contributed by atoms with Crippen molar-refractivity contribution in [1.29, 1.82) is 0 Å². The molecule has 1 rings (SSSR count). The summed E-state index contributed by atoms with van der Waals surface area (Å²) in [4.78, 5) is 12.2. The molecule has 4 nitrogen and oxygen atoms in total. The van der Waals surface area contributed by atoms with Crippen molar-refractivity contribution in [3.8, 4) is 5.75 Å². The Kier molecular flexibility index (Phi) is 7.83. The van der Waals surface area contributed by atoms with Gasteiger partial charge in [-0.05, 0) is 38.0 Å². The van der Waals surface area contributed by atoms with E-state index >= 15 is 0 Å². The molecule has 0 fully saturated rings. The predicted molar refractivity (Wildman–Crippen MR) is 84.8 cm³/mol. The number of ether oxygens (including phenoxy) is 2. The van der Waals surface area contributed by atoms with Crippen molar-refractivity contribution < 1.29 is 14.3 Å². The predicted octanol–water partition coefficient (Wildman–Crippen LogP) is 3.54. The monoisotopic (exact) mass is 293 g/mol. The second-order valence-corrected chi connectivity index (χ2v) is 5.24. The SMILES string of the molecule is CCCOCc1cc(C(=O)N[C@H](C)CCC)ccc1OC. The topological polar surface area (TPSA) is 47.6 Å². The van der Waals surface area contributed by atoms with Gasteiger partial charge >= 0.3 is 0 Å². The summed E-state index contributed by atoms with van der Waals surface area (Å²) in [7, 11) is 1.63. The van der Waals surface area contributed by atoms with Crippen LogP contribution >= 0.6 is 0 Å². The molecule has 1 N–H and O–H groups in total. The quantitative estimate of drug-likeness (QED) is 0.708. The molecule has 1 amide bonds. The zero-order valence-corrected chi connectivity index (χ0v) is 13.6. The van der Waals surface area contributed by atoms with Gasteiger partial charge in [0.15, 0.2) is 0 Å². The number of carbonyl (C=O) groups excluding carboxylic acids is 1. The molecule has 0 aliphatic heterocycles. The van der Waals surface area contributed by atoms with E-state index in [0.29, 0.717) is 18.8 Å². The highest BCUT2D eigenvalue weighted by molar-refractivity contribution is 5.94. The molecule has 0 aromatic heterocycles. The molecule has 0 heterocycles. The third kappa shape index (κ3) is 5.76. The summed E-state index contributed by atoms with van der Waals surface area (Å²) < 4.78 is 10.9. The number of benzene rings is 1. The van der Waals surface area contributed by atoms with E-state index in [9.17, 15) is 4.79 Å². The summed E-state index contributed by atoms with van der Waals surface area (Å²) in [6.45, 7) is 7.36. The molecule has 0 saturated carbocycles. The summed E-state index contributed by atoms with van der Waals surface area (Å²) in [5.74, 6) is 0.708. The van der Waals surface area contributed by atoms with Crippen molar-refractivity contribution in [2.24, 2.45) is 0 Å². The Morgan fingerprint density at radius 2 is 2.05 bits per heavy atom. The first-order chi connectivity index (χ1) is 10.1. The summed E-state index contributed by atoms with van der Waals surface area (Å²) >= 11 is 0. The molecule has 21 heavy (non-hydrogen) atoms. The standard InChI is InChI=1S/C17H27NO3/c1-5-7-13(3)18-17(19)14-8-9-16(20-4)15(11-14)12-21-10-6-2/h8-9,11,13H,5-7,10,12H2,1-4H3,(H,18,19)/t13-/m1/s1. The van der Waals surface area contributed by atoms with Crippen molar-refractivity contribution in [2.75, 3.05) is 13.7 Å². The molecule has 0 radical (unpaired) electrons. The van der Waals surface area contributed by atoms with E-state index in [1.165, 1.54) is 0 Å². The van der Waals surface area contributed by atoms with Crippen LogP contribution in [0.5, 0.6) is 5.75 Å². The summed E-state index contributed by atoms with van der Waals surface area (Å²) in [5, 5.41) is 3.01. The maximum atomic E-state index is 12.2. The number of hydrogen-bond acceptors (Lipinski definition) is 3. The van der Waals surface area contributed by atoms with Crippen LogP contribution in [-0.4, -0.2) is 25.7 Å². The fourth-order valence-corrected chi connectivity index (χ4v) is 2.17. The maximum absolute atomic E-state index is 12.2. The number of rotatable bonds is 9. The van der Waals surface area contributed by atoms with Crippen molar-refractivity contribution in [3.05, 3.63) is 29.3 Å². The minimum Gasteiger partial charge on any atom is -0.496 e. The highest BCUT2D eigenvalue weighted by Crippen LogP contribution is 2.21. The molecule has 4 heteroatoms. The maximum Gasteiger partial charge on any atom is 0.251 e. The second kappa shape index (κ2) is 9.40. The molecule has 0 bridgehead atoms. The Bertz CT molecular complexity index is 446. The van der Waals surface area contributed by atoms with Crippen molar-refractivity contribution in [3.63, 3.8) is 0 Å². The molecular weight excluding hydrogens is 266 g/mol. The van der Waals surface area contributed by atoms with Crippen LogP contribution in [0.4, 0.5) is 0 Å². The van der Waals surface area contributed by atoms with Gasteiger partial charge in [-0.2, -0.15) is 0 Å². The summed E-state index contributed by atoms with van der Waals surface area (Å²) in [6, 6.07) is 5.65. The van der Waals surface area contributed by atoms with Crippen LogP contribution in [0.1, 0.15) is 56.0 Å². The van der Waals surface area contributed by atoms with Crippen molar-refractivity contribution in [1.82, 2.24) is 5.32 Å². The molecule has 1 atom stereocenters. The molecular formula is C17H27NO3. The fraction of sp³-hybridized carbons (Fsp3) is 0.588. The zero-order chi connectivity index (χ0) is 15.7. The normalized spacial score (nSPS) is 12.0. The lowest BCUT2D eigenvalue weighted by molar-refractivity contribution is 0.0937. The third-order valence-electron chi connectivity index (χ3n) is 3.25. The third-order valence-corrected chi connectivity index (χ3v) is 3.25. The highest BCUT2D eigenvalue weighted by atomic mass is 16.5. The van der Waals surface area contributed by atoms with E-state index in [1.54, 1.807) is 13.2 Å². The molecule has 0 aliphatic carbocycles. The number of amides is 1. The van der Waals surface area contributed by atoms with Crippen LogP contribution in [0.25, 0.3) is 0 Å². The van der Waals surface area contributed by atoms with Crippen LogP contribution < -0.4 is 10.1 Å². The first-order valence-electron chi connectivity index (χ1n) is 7.67. The Morgan fingerprint density at radius 3 is 2.67 bits per heavy atom. The van der Waals surface area contributed by atoms with Crippen LogP contribution in [-0.2, 0) is 11.3 Å². The molecule has 1 aromatic rings. The molecule has 0 spiro atoms. The van der Waals surface area contributed by atoms with Gasteiger partial charge in [0.25, 0.3) is 5.91 Å². The van der Waals surface area contributed by atoms with Crippen LogP contribution in [0, 0.1) is 0 Å². The lowest BCUT2D eigenvalue weighted by Crippen LogP contribution is -2.32. The Labute approximate surface area is 127 Å². The van der Waals surface area contributed by atoms with E-state index in [2.05, 4.69) is 19.2 Å². The zero-order valence-electron chi connectivity index (χ0n) is 13.6. The van der Waals surface area contributed by atoms with Gasteiger partial charge in [0.05, 0.1) is 13.7 Å². The first kappa shape index (κ1) is 17.5. The second-order valence-electron chi connectivity index (χ2n) is 5.24. The minimum absolute atomic E-state index is 0.0460. The van der Waals surface area contributed by atoms with E-state index in [4.69, 9.17) is 9.47 Å². The van der Waals surface area contributed by atoms with Gasteiger partial charge in [0, 0.05) is 23.8 Å². The molecule has 0 aliphatic rings. The van der Waals surface area contributed by atoms with Crippen LogP contribution in [0.2, 0.25) is 0 Å². The molecule has 0 unspecified atom stereocenters. The summed E-state index contributed by atoms with van der Waals surface area (Å²) in [5.41, 5.74) is 1.55. The minimum atomic E-state index is -0.0460. The van der Waals surface area contributed by atoms with E-state index in [1.807, 2.05) is 19.1 Å². The number of methoxy groups -OCH3 is 1. The molecule has 118 valence electrons. The summed E-state index contributed by atoms with van der Waals surface area (Å²) in [6.07, 6.45) is 3.01. The number of nitrogens with one attached hydrogen (secondary N) is 1. The van der Waals surface area contributed by atoms with E-state index in [0.717, 1.165) is 30.6 Å². The largest absolute Gasteiger partial charge is 0.496 e. The van der Waals surface area contributed by atoms with E-state index in [-0.39, 0.29) is 11.9 Å². The Balaban J connectivity index is 2.78. The van der Waals surface area contributed by atoms with E-state index < -0.39 is 0 Å². The van der Waals surface area contributed by atoms with Gasteiger partial charge in [-0.15, -0.1) is 0 Å². The highest BCUT2D eigenvalue weighted by Gasteiger charge is 2.12. The van der Waals surface area contributed by atoms with Crippen LogP contribution in [0.15, 0.2) is 18.2 Å². The van der Waals surface area contributed by atoms with Gasteiger partial charge in [0.1, 0.15) is 5.75 Å². The number of carbonyl (C=O) groups is 1.